The number of hydrogen-bond acceptors (Lipinski definition) is 3. The van der Waals surface area contributed by atoms with E-state index in [1.54, 1.807) is 23.1 Å². The third kappa shape index (κ3) is 8.36. The molecule has 0 aliphatic rings. The van der Waals surface area contributed by atoms with Crippen molar-refractivity contribution < 1.29 is 14.3 Å². The van der Waals surface area contributed by atoms with Crippen LogP contribution < -0.4 is 10.1 Å². The van der Waals surface area contributed by atoms with Gasteiger partial charge >= 0.3 is 0 Å². The lowest BCUT2D eigenvalue weighted by molar-refractivity contribution is -0.143. The number of ether oxygens (including phenoxy) is 1. The molecule has 0 bridgehead atoms. The van der Waals surface area contributed by atoms with Crippen LogP contribution in [0.3, 0.4) is 0 Å². The van der Waals surface area contributed by atoms with E-state index >= 15 is 0 Å². The van der Waals surface area contributed by atoms with E-state index in [-0.39, 0.29) is 31.0 Å². The normalized spacial score (nSPS) is 12.5. The number of nitrogens with zero attached hydrogens (tertiary/aromatic N) is 1. The van der Waals surface area contributed by atoms with Gasteiger partial charge < -0.3 is 15.0 Å². The lowest BCUT2D eigenvalue weighted by Crippen LogP contribution is -2.53. The second-order valence-corrected chi connectivity index (χ2v) is 10.8. The van der Waals surface area contributed by atoms with Crippen molar-refractivity contribution in [3.8, 4) is 5.75 Å². The number of carbonyl (C=O) groups is 2. The Morgan fingerprint density at radius 2 is 1.64 bits per heavy atom. The summed E-state index contributed by atoms with van der Waals surface area (Å²) in [5.74, 6) is -0.0991. The fraction of sp³-hybridized carbons (Fsp3) is 0.286. The van der Waals surface area contributed by atoms with Gasteiger partial charge in [-0.15, -0.1) is 0 Å². The van der Waals surface area contributed by atoms with Crippen LogP contribution in [0.4, 0.5) is 0 Å². The Morgan fingerprint density at radius 1 is 0.972 bits per heavy atom. The first-order valence-corrected chi connectivity index (χ1v) is 13.7. The zero-order valence-corrected chi connectivity index (χ0v) is 24.1. The van der Waals surface area contributed by atoms with Crippen LogP contribution >= 0.6 is 43.5 Å². The molecule has 2 atom stereocenters. The van der Waals surface area contributed by atoms with Gasteiger partial charge in [0, 0.05) is 28.0 Å². The molecule has 0 saturated heterocycles. The molecule has 0 unspecified atom stereocenters. The maximum atomic E-state index is 13.6. The maximum absolute atomic E-state index is 13.6. The van der Waals surface area contributed by atoms with Crippen molar-refractivity contribution in [1.82, 2.24) is 10.2 Å². The molecule has 3 rings (SSSR count). The van der Waals surface area contributed by atoms with Crippen molar-refractivity contribution in [2.75, 3.05) is 6.61 Å². The number of nitrogens with one attached hydrogen (secondary N) is 1. The summed E-state index contributed by atoms with van der Waals surface area (Å²) in [4.78, 5) is 28.7. The van der Waals surface area contributed by atoms with E-state index in [9.17, 15) is 9.59 Å². The van der Waals surface area contributed by atoms with Crippen molar-refractivity contribution in [2.45, 2.75) is 45.3 Å². The zero-order valence-electron chi connectivity index (χ0n) is 20.2. The number of carbonyl (C=O) groups excluding carboxylic acids is 2. The maximum Gasteiger partial charge on any atom is 0.261 e. The van der Waals surface area contributed by atoms with Gasteiger partial charge in [-0.3, -0.25) is 9.59 Å². The molecule has 3 aromatic rings. The van der Waals surface area contributed by atoms with Crippen LogP contribution in [0.1, 0.15) is 31.4 Å². The highest BCUT2D eigenvalue weighted by Crippen LogP contribution is 2.28. The SMILES string of the molecule is CC[C@H](C)NC(=O)[C@@H](Cc1ccccc1)N(Cc1ccc(Br)cc1)C(=O)COc1ccc(Br)cc1Cl. The molecule has 5 nitrogen and oxygen atoms in total. The molecule has 36 heavy (non-hydrogen) atoms. The molecular formula is C28H29Br2ClN2O3. The molecule has 0 fully saturated rings. The standard InChI is InChI=1S/C28H29Br2ClN2O3/c1-3-19(2)32-28(35)25(15-20-7-5-4-6-8-20)33(17-21-9-11-22(29)12-10-21)27(34)18-36-26-14-13-23(30)16-24(26)31/h4-14,16,19,25H,3,15,17-18H2,1-2H3,(H,32,35)/t19-,25+/m0/s1. The summed E-state index contributed by atoms with van der Waals surface area (Å²) < 4.78 is 7.54. The minimum atomic E-state index is -0.721. The first-order chi connectivity index (χ1) is 17.3. The molecule has 190 valence electrons. The number of rotatable bonds is 11. The Kier molecular flexibility index (Phi) is 10.8. The van der Waals surface area contributed by atoms with Gasteiger partial charge in [0.05, 0.1) is 5.02 Å². The Balaban J connectivity index is 1.91. The molecule has 0 aliphatic heterocycles. The summed E-state index contributed by atoms with van der Waals surface area (Å²) in [6.45, 7) is 3.98. The average Bonchev–Trinajstić information content (AvgIpc) is 2.87. The fourth-order valence-corrected chi connectivity index (χ4v) is 4.59. The molecule has 1 N–H and O–H groups in total. The van der Waals surface area contributed by atoms with Crippen molar-refractivity contribution in [3.05, 3.63) is 97.9 Å². The van der Waals surface area contributed by atoms with Gasteiger partial charge in [-0.05, 0) is 54.8 Å². The van der Waals surface area contributed by atoms with Gasteiger partial charge in [-0.1, -0.05) is 92.8 Å². The summed E-state index contributed by atoms with van der Waals surface area (Å²) in [5, 5.41) is 3.46. The Morgan fingerprint density at radius 3 is 2.28 bits per heavy atom. The lowest BCUT2D eigenvalue weighted by Gasteiger charge is -2.32. The molecule has 8 heteroatoms. The van der Waals surface area contributed by atoms with Crippen LogP contribution in [-0.4, -0.2) is 35.4 Å². The van der Waals surface area contributed by atoms with Crippen LogP contribution in [-0.2, 0) is 22.6 Å². The Bertz CT molecular complexity index is 1160. The number of benzene rings is 3. The number of hydrogen-bond donors (Lipinski definition) is 1. The van der Waals surface area contributed by atoms with Crippen molar-refractivity contribution >= 4 is 55.3 Å². The lowest BCUT2D eigenvalue weighted by atomic mass is 10.0. The highest BCUT2D eigenvalue weighted by Gasteiger charge is 2.31. The Labute approximate surface area is 234 Å². The largest absolute Gasteiger partial charge is 0.482 e. The summed E-state index contributed by atoms with van der Waals surface area (Å²) in [6.07, 6.45) is 1.17. The monoisotopic (exact) mass is 634 g/mol. The van der Waals surface area contributed by atoms with Crippen LogP contribution in [0, 0.1) is 0 Å². The second kappa shape index (κ2) is 13.8. The van der Waals surface area contributed by atoms with Gasteiger partial charge in [-0.25, -0.2) is 0 Å². The molecular weight excluding hydrogens is 608 g/mol. The van der Waals surface area contributed by atoms with Crippen LogP contribution in [0.2, 0.25) is 5.02 Å². The molecule has 0 saturated carbocycles. The number of amides is 2. The summed E-state index contributed by atoms with van der Waals surface area (Å²) in [7, 11) is 0. The van der Waals surface area contributed by atoms with Crippen molar-refractivity contribution in [2.24, 2.45) is 0 Å². The minimum absolute atomic E-state index is 0.0155. The van der Waals surface area contributed by atoms with Crippen molar-refractivity contribution in [1.29, 1.82) is 0 Å². The molecule has 0 spiro atoms. The van der Waals surface area contributed by atoms with E-state index in [0.29, 0.717) is 17.2 Å². The quantitative estimate of drug-likeness (QED) is 0.252. The van der Waals surface area contributed by atoms with E-state index in [4.69, 9.17) is 16.3 Å². The first-order valence-electron chi connectivity index (χ1n) is 11.7. The second-order valence-electron chi connectivity index (χ2n) is 8.53. The van der Waals surface area contributed by atoms with Gasteiger partial charge in [0.1, 0.15) is 11.8 Å². The summed E-state index contributed by atoms with van der Waals surface area (Å²) in [5.41, 5.74) is 1.87. The summed E-state index contributed by atoms with van der Waals surface area (Å²) in [6, 6.07) is 21.9. The molecule has 0 aliphatic carbocycles. The first kappa shape index (κ1) is 28.2. The van der Waals surface area contributed by atoms with Gasteiger partial charge in [0.2, 0.25) is 5.91 Å². The minimum Gasteiger partial charge on any atom is -0.482 e. The van der Waals surface area contributed by atoms with Crippen molar-refractivity contribution in [3.63, 3.8) is 0 Å². The molecule has 0 aromatic heterocycles. The topological polar surface area (TPSA) is 58.6 Å². The van der Waals surface area contributed by atoms with E-state index in [1.165, 1.54) is 0 Å². The fourth-order valence-electron chi connectivity index (χ4n) is 3.60. The number of halogens is 3. The van der Waals surface area contributed by atoms with E-state index < -0.39 is 6.04 Å². The highest BCUT2D eigenvalue weighted by molar-refractivity contribution is 9.10. The highest BCUT2D eigenvalue weighted by atomic mass is 79.9. The van der Waals surface area contributed by atoms with Gasteiger partial charge in [0.25, 0.3) is 5.91 Å². The average molecular weight is 637 g/mol. The van der Waals surface area contributed by atoms with E-state index in [1.807, 2.05) is 68.4 Å². The smallest absolute Gasteiger partial charge is 0.261 e. The van der Waals surface area contributed by atoms with Crippen LogP contribution in [0.5, 0.6) is 5.75 Å². The van der Waals surface area contributed by atoms with Crippen LogP contribution in [0.25, 0.3) is 0 Å². The summed E-state index contributed by atoms with van der Waals surface area (Å²) >= 11 is 13.1. The third-order valence-corrected chi connectivity index (χ3v) is 7.10. The van der Waals surface area contributed by atoms with Crippen LogP contribution in [0.15, 0.2) is 81.7 Å². The van der Waals surface area contributed by atoms with Gasteiger partial charge in [-0.2, -0.15) is 0 Å². The molecule has 0 heterocycles. The molecule has 3 aromatic carbocycles. The predicted octanol–water partition coefficient (Wildman–Crippen LogP) is 6.80. The van der Waals surface area contributed by atoms with E-state index in [0.717, 1.165) is 26.5 Å². The molecule has 2 amide bonds. The van der Waals surface area contributed by atoms with Gasteiger partial charge in [0.15, 0.2) is 6.61 Å². The van der Waals surface area contributed by atoms with E-state index in [2.05, 4.69) is 37.2 Å². The zero-order chi connectivity index (χ0) is 26.1. The predicted molar refractivity (Wildman–Crippen MR) is 151 cm³/mol. The molecule has 0 radical (unpaired) electrons. The Hall–Kier alpha value is -2.35. The third-order valence-electron chi connectivity index (χ3n) is 5.78.